The summed E-state index contributed by atoms with van der Waals surface area (Å²) in [7, 11) is 1.42. The van der Waals surface area contributed by atoms with Crippen molar-refractivity contribution in [2.24, 2.45) is 7.05 Å². The molecule has 0 spiro atoms. The summed E-state index contributed by atoms with van der Waals surface area (Å²) in [6.07, 6.45) is 1.05. The molecule has 0 bridgehead atoms. The van der Waals surface area contributed by atoms with Crippen LogP contribution in [0, 0.1) is 10.1 Å². The predicted molar refractivity (Wildman–Crippen MR) is 44.1 cm³/mol. The number of carboxylic acid groups (broad SMARTS) is 1. The number of nitrogens with zero attached hydrogens (tertiary/aromatic N) is 3. The van der Waals surface area contributed by atoms with Crippen LogP contribution in [0.15, 0.2) is 6.20 Å². The number of aromatic carboxylic acids is 1. The van der Waals surface area contributed by atoms with Gasteiger partial charge in [-0.05, 0) is 0 Å². The lowest BCUT2D eigenvalue weighted by atomic mass is 10.4. The molecule has 1 N–H and O–H groups in total. The highest BCUT2D eigenvalue weighted by Gasteiger charge is 2.23. The van der Waals surface area contributed by atoms with Crippen LogP contribution in [0.1, 0.15) is 10.5 Å². The third-order valence-corrected chi connectivity index (χ3v) is 1.21. The van der Waals surface area contributed by atoms with E-state index in [-0.39, 0.29) is 12.4 Å². The quantitative estimate of drug-likeness (QED) is 0.561. The van der Waals surface area contributed by atoms with E-state index in [1.807, 2.05) is 0 Å². The van der Waals surface area contributed by atoms with Crippen LogP contribution in [0.4, 0.5) is 5.69 Å². The Kier molecular flexibility index (Phi) is 3.37. The molecule has 72 valence electrons. The smallest absolute Gasteiger partial charge is 0.363 e. The second-order valence-electron chi connectivity index (χ2n) is 2.10. The fourth-order valence-electron chi connectivity index (χ4n) is 0.762. The molecular weight excluding hydrogens is 202 g/mol. The summed E-state index contributed by atoms with van der Waals surface area (Å²) in [5.41, 5.74) is -1.03. The van der Waals surface area contributed by atoms with Crippen LogP contribution in [-0.2, 0) is 7.05 Å². The Morgan fingerprint density at radius 2 is 2.31 bits per heavy atom. The molecule has 0 aliphatic carbocycles. The van der Waals surface area contributed by atoms with Gasteiger partial charge in [0.2, 0.25) is 5.69 Å². The van der Waals surface area contributed by atoms with Crippen molar-refractivity contribution in [1.29, 1.82) is 0 Å². The lowest BCUT2D eigenvalue weighted by Crippen LogP contribution is -2.01. The van der Waals surface area contributed by atoms with Gasteiger partial charge >= 0.3 is 11.7 Å². The van der Waals surface area contributed by atoms with Crippen molar-refractivity contribution < 1.29 is 14.8 Å². The number of carbonyl (C=O) groups is 1. The fourth-order valence-corrected chi connectivity index (χ4v) is 0.762. The maximum absolute atomic E-state index is 10.4. The van der Waals surface area contributed by atoms with Crippen molar-refractivity contribution in [3.05, 3.63) is 22.0 Å². The number of aryl methyl sites for hydroxylation is 1. The van der Waals surface area contributed by atoms with Crippen LogP contribution in [-0.4, -0.2) is 25.8 Å². The van der Waals surface area contributed by atoms with Gasteiger partial charge in [-0.3, -0.25) is 14.8 Å². The first-order valence-corrected chi connectivity index (χ1v) is 2.93. The van der Waals surface area contributed by atoms with Crippen LogP contribution in [0.5, 0.6) is 0 Å². The minimum Gasteiger partial charge on any atom is -0.476 e. The molecule has 0 aliphatic heterocycles. The van der Waals surface area contributed by atoms with Gasteiger partial charge in [0.15, 0.2) is 0 Å². The lowest BCUT2D eigenvalue weighted by Gasteiger charge is -1.85. The summed E-state index contributed by atoms with van der Waals surface area (Å²) >= 11 is 0. The first-order valence-electron chi connectivity index (χ1n) is 2.93. The number of aromatic nitrogens is 2. The largest absolute Gasteiger partial charge is 0.476 e. The average molecular weight is 208 g/mol. The second kappa shape index (κ2) is 3.85. The number of carboxylic acids is 1. The Bertz CT molecular complexity index is 316. The summed E-state index contributed by atoms with van der Waals surface area (Å²) < 4.78 is 1.08. The molecule has 0 aliphatic rings. The van der Waals surface area contributed by atoms with Crippen molar-refractivity contribution in [1.82, 2.24) is 9.78 Å². The van der Waals surface area contributed by atoms with E-state index in [0.717, 1.165) is 10.9 Å². The zero-order chi connectivity index (χ0) is 9.30. The highest BCUT2D eigenvalue weighted by atomic mass is 35.5. The van der Waals surface area contributed by atoms with E-state index in [2.05, 4.69) is 5.10 Å². The van der Waals surface area contributed by atoms with E-state index in [4.69, 9.17) is 5.11 Å². The minimum absolute atomic E-state index is 0. The molecule has 8 heteroatoms. The van der Waals surface area contributed by atoms with Crippen molar-refractivity contribution >= 4 is 24.1 Å². The van der Waals surface area contributed by atoms with Crippen molar-refractivity contribution in [2.75, 3.05) is 0 Å². The van der Waals surface area contributed by atoms with E-state index in [0.29, 0.717) is 0 Å². The van der Waals surface area contributed by atoms with E-state index in [1.54, 1.807) is 0 Å². The monoisotopic (exact) mass is 207 g/mol. The van der Waals surface area contributed by atoms with Gasteiger partial charge in [0.05, 0.1) is 4.92 Å². The molecule has 1 rings (SSSR count). The van der Waals surface area contributed by atoms with Crippen LogP contribution in [0.25, 0.3) is 0 Å². The van der Waals surface area contributed by atoms with Crippen LogP contribution >= 0.6 is 12.4 Å². The summed E-state index contributed by atoms with van der Waals surface area (Å²) in [5, 5.41) is 22.1. The zero-order valence-electron chi connectivity index (χ0n) is 6.50. The van der Waals surface area contributed by atoms with E-state index in [1.165, 1.54) is 7.05 Å². The molecule has 0 unspecified atom stereocenters. The highest BCUT2D eigenvalue weighted by molar-refractivity contribution is 5.89. The number of nitro groups is 1. The van der Waals surface area contributed by atoms with E-state index >= 15 is 0 Å². The summed E-state index contributed by atoms with van der Waals surface area (Å²) in [6.45, 7) is 0. The van der Waals surface area contributed by atoms with Crippen LogP contribution < -0.4 is 0 Å². The molecule has 1 heterocycles. The van der Waals surface area contributed by atoms with Crippen molar-refractivity contribution in [3.8, 4) is 0 Å². The van der Waals surface area contributed by atoms with Gasteiger partial charge in [-0.1, -0.05) is 0 Å². The van der Waals surface area contributed by atoms with Gasteiger partial charge in [0, 0.05) is 7.05 Å². The molecule has 1 aromatic rings. The van der Waals surface area contributed by atoms with Crippen molar-refractivity contribution in [2.45, 2.75) is 0 Å². The maximum Gasteiger partial charge on any atom is 0.363 e. The first kappa shape index (κ1) is 11.4. The third kappa shape index (κ3) is 2.15. The number of rotatable bonds is 2. The highest BCUT2D eigenvalue weighted by Crippen LogP contribution is 2.15. The SMILES string of the molecule is Cl.Cn1cc([N+](=O)[O-])c(C(=O)O)n1. The Morgan fingerprint density at radius 1 is 1.77 bits per heavy atom. The molecule has 0 aromatic carbocycles. The lowest BCUT2D eigenvalue weighted by molar-refractivity contribution is -0.385. The number of halogens is 1. The Morgan fingerprint density at radius 3 is 2.62 bits per heavy atom. The first-order chi connectivity index (χ1) is 5.52. The van der Waals surface area contributed by atoms with Gasteiger partial charge in [0.25, 0.3) is 0 Å². The molecule has 0 atom stereocenters. The van der Waals surface area contributed by atoms with Gasteiger partial charge in [-0.25, -0.2) is 4.79 Å². The van der Waals surface area contributed by atoms with Gasteiger partial charge < -0.3 is 5.11 Å². The van der Waals surface area contributed by atoms with Crippen molar-refractivity contribution in [3.63, 3.8) is 0 Å². The van der Waals surface area contributed by atoms with E-state index in [9.17, 15) is 14.9 Å². The summed E-state index contributed by atoms with van der Waals surface area (Å²) in [5.74, 6) is -1.40. The molecule has 0 saturated carbocycles. The zero-order valence-corrected chi connectivity index (χ0v) is 7.32. The number of hydrogen-bond donors (Lipinski definition) is 1. The van der Waals surface area contributed by atoms with Crippen LogP contribution in [0.3, 0.4) is 0 Å². The fraction of sp³-hybridized carbons (Fsp3) is 0.200. The molecule has 0 amide bonds. The average Bonchev–Trinajstić information content (AvgIpc) is 2.31. The molecule has 1 aromatic heterocycles. The topological polar surface area (TPSA) is 98.3 Å². The summed E-state index contributed by atoms with van der Waals surface area (Å²) in [6, 6.07) is 0. The molecular formula is C5H6ClN3O4. The normalized spacial score (nSPS) is 9.00. The number of hydrogen-bond acceptors (Lipinski definition) is 4. The molecule has 0 fully saturated rings. The molecule has 7 nitrogen and oxygen atoms in total. The Balaban J connectivity index is 0.00000144. The predicted octanol–water partition coefficient (Wildman–Crippen LogP) is 0.448. The standard InChI is InChI=1S/C5H5N3O4.ClH/c1-7-2-3(8(11)12)4(6-7)5(9)10;/h2H,1H3,(H,9,10);1H. The minimum atomic E-state index is -1.40. The molecule has 0 radical (unpaired) electrons. The van der Waals surface area contributed by atoms with Crippen LogP contribution in [0.2, 0.25) is 0 Å². The maximum atomic E-state index is 10.4. The second-order valence-corrected chi connectivity index (χ2v) is 2.10. The molecule has 13 heavy (non-hydrogen) atoms. The molecule has 0 saturated heterocycles. The summed E-state index contributed by atoms with van der Waals surface area (Å²) in [4.78, 5) is 19.8. The van der Waals surface area contributed by atoms with Gasteiger partial charge in [0.1, 0.15) is 6.20 Å². The third-order valence-electron chi connectivity index (χ3n) is 1.21. The van der Waals surface area contributed by atoms with Gasteiger partial charge in [-0.15, -0.1) is 12.4 Å². The van der Waals surface area contributed by atoms with E-state index < -0.39 is 22.3 Å². The Labute approximate surface area is 78.5 Å². The van der Waals surface area contributed by atoms with Gasteiger partial charge in [-0.2, -0.15) is 5.10 Å². The Hall–Kier alpha value is -1.63.